The number of non-ortho nitro benzene ring substituents is 1. The molecule has 0 spiro atoms. The van der Waals surface area contributed by atoms with E-state index < -0.39 is 4.92 Å². The van der Waals surface area contributed by atoms with Crippen molar-refractivity contribution in [2.45, 2.75) is 6.54 Å². The van der Waals surface area contributed by atoms with Crippen LogP contribution in [0.3, 0.4) is 0 Å². The van der Waals surface area contributed by atoms with Gasteiger partial charge in [0.1, 0.15) is 17.3 Å². The van der Waals surface area contributed by atoms with Gasteiger partial charge in [-0.1, -0.05) is 42.5 Å². The molecule has 1 saturated heterocycles. The number of carbonyl (C=O) groups is 2. The monoisotopic (exact) mass is 486 g/mol. The highest BCUT2D eigenvalue weighted by molar-refractivity contribution is 8.18. The van der Waals surface area contributed by atoms with Gasteiger partial charge in [0.25, 0.3) is 16.8 Å². The standard InChI is InChI=1S/C26H18N2O6S/c1-33-23-13-18(28(31)32)9-11-21(23)22-12-10-19(34-22)14-24-25(29)27(26(30)35-24)15-17-7-4-6-16-5-2-3-8-20(16)17/h2-14H,15H2,1H3/b24-14+. The number of hydrogen-bond acceptors (Lipinski definition) is 7. The van der Waals surface area contributed by atoms with E-state index in [1.165, 1.54) is 36.3 Å². The average Bonchev–Trinajstić information content (AvgIpc) is 3.43. The van der Waals surface area contributed by atoms with Crippen molar-refractivity contribution in [3.63, 3.8) is 0 Å². The molecule has 1 fully saturated rings. The Hall–Kier alpha value is -4.37. The minimum Gasteiger partial charge on any atom is -0.496 e. The smallest absolute Gasteiger partial charge is 0.293 e. The van der Waals surface area contributed by atoms with E-state index in [-0.39, 0.29) is 34.0 Å². The lowest BCUT2D eigenvalue weighted by atomic mass is 10.0. The molecule has 4 aromatic rings. The summed E-state index contributed by atoms with van der Waals surface area (Å²) in [6.07, 6.45) is 1.52. The van der Waals surface area contributed by atoms with E-state index in [4.69, 9.17) is 9.15 Å². The zero-order chi connectivity index (χ0) is 24.5. The van der Waals surface area contributed by atoms with Crippen LogP contribution in [0.15, 0.2) is 82.1 Å². The van der Waals surface area contributed by atoms with E-state index in [9.17, 15) is 19.7 Å². The minimum absolute atomic E-state index is 0.0998. The Labute approximate surface area is 203 Å². The van der Waals surface area contributed by atoms with Gasteiger partial charge in [-0.2, -0.15) is 0 Å². The molecule has 9 heteroatoms. The molecule has 0 saturated carbocycles. The molecule has 5 rings (SSSR count). The summed E-state index contributed by atoms with van der Waals surface area (Å²) < 4.78 is 11.1. The number of furan rings is 1. The summed E-state index contributed by atoms with van der Waals surface area (Å²) >= 11 is 0.858. The molecular formula is C26H18N2O6S. The molecule has 2 amide bonds. The van der Waals surface area contributed by atoms with Crippen molar-refractivity contribution in [2.75, 3.05) is 7.11 Å². The van der Waals surface area contributed by atoms with Crippen LogP contribution in [0, 0.1) is 10.1 Å². The van der Waals surface area contributed by atoms with Crippen LogP contribution in [-0.4, -0.2) is 28.1 Å². The lowest BCUT2D eigenvalue weighted by Gasteiger charge is -2.14. The van der Waals surface area contributed by atoms with Gasteiger partial charge >= 0.3 is 0 Å². The normalized spacial score (nSPS) is 14.8. The number of ether oxygens (including phenoxy) is 1. The predicted octanol–water partition coefficient (Wildman–Crippen LogP) is 6.25. The number of methoxy groups -OCH3 is 1. The second kappa shape index (κ2) is 9.11. The van der Waals surface area contributed by atoms with Crippen molar-refractivity contribution in [3.8, 4) is 17.1 Å². The van der Waals surface area contributed by atoms with Crippen molar-refractivity contribution in [1.29, 1.82) is 0 Å². The first-order chi connectivity index (χ1) is 16.9. The minimum atomic E-state index is -0.506. The molecular weight excluding hydrogens is 468 g/mol. The van der Waals surface area contributed by atoms with Crippen LogP contribution in [0.5, 0.6) is 5.75 Å². The van der Waals surface area contributed by atoms with Crippen LogP contribution in [0.2, 0.25) is 0 Å². The van der Waals surface area contributed by atoms with Crippen molar-refractivity contribution >= 4 is 45.4 Å². The number of nitrogens with zero attached hydrogens (tertiary/aromatic N) is 2. The number of hydrogen-bond donors (Lipinski definition) is 0. The molecule has 3 aromatic carbocycles. The molecule has 0 radical (unpaired) electrons. The van der Waals surface area contributed by atoms with Gasteiger partial charge in [0, 0.05) is 12.1 Å². The van der Waals surface area contributed by atoms with Gasteiger partial charge in [0.2, 0.25) is 0 Å². The summed E-state index contributed by atoms with van der Waals surface area (Å²) in [6, 6.07) is 21.2. The number of fused-ring (bicyclic) bond motifs is 1. The maximum Gasteiger partial charge on any atom is 0.293 e. The molecule has 0 unspecified atom stereocenters. The number of rotatable bonds is 6. The van der Waals surface area contributed by atoms with Gasteiger partial charge in [-0.05, 0) is 46.3 Å². The molecule has 8 nitrogen and oxygen atoms in total. The summed E-state index contributed by atoms with van der Waals surface area (Å²) in [6.45, 7) is 0.173. The zero-order valence-electron chi connectivity index (χ0n) is 18.5. The van der Waals surface area contributed by atoms with Crippen molar-refractivity contribution in [1.82, 2.24) is 4.90 Å². The fourth-order valence-electron chi connectivity index (χ4n) is 3.94. The third-order valence-corrected chi connectivity index (χ3v) is 6.55. The summed E-state index contributed by atoms with van der Waals surface area (Å²) in [5.41, 5.74) is 1.32. The van der Waals surface area contributed by atoms with Crippen LogP contribution in [0.25, 0.3) is 28.2 Å². The molecule has 174 valence electrons. The predicted molar refractivity (Wildman–Crippen MR) is 133 cm³/mol. The Kier molecular flexibility index (Phi) is 5.84. The van der Waals surface area contributed by atoms with E-state index in [0.717, 1.165) is 28.1 Å². The van der Waals surface area contributed by atoms with E-state index in [0.29, 0.717) is 17.1 Å². The van der Waals surface area contributed by atoms with Crippen LogP contribution in [0.4, 0.5) is 10.5 Å². The van der Waals surface area contributed by atoms with Crippen LogP contribution >= 0.6 is 11.8 Å². The molecule has 35 heavy (non-hydrogen) atoms. The third kappa shape index (κ3) is 4.29. The molecule has 0 bridgehead atoms. The number of imide groups is 1. The van der Waals surface area contributed by atoms with Crippen LogP contribution in [-0.2, 0) is 11.3 Å². The van der Waals surface area contributed by atoms with E-state index >= 15 is 0 Å². The first-order valence-corrected chi connectivity index (χ1v) is 11.4. The van der Waals surface area contributed by atoms with Crippen molar-refractivity contribution < 1.29 is 23.7 Å². The second-order valence-electron chi connectivity index (χ2n) is 7.75. The number of thioether (sulfide) groups is 1. The van der Waals surface area contributed by atoms with E-state index in [1.54, 1.807) is 12.1 Å². The fraction of sp³-hybridized carbons (Fsp3) is 0.0769. The van der Waals surface area contributed by atoms with Gasteiger partial charge in [0.15, 0.2) is 0 Å². The van der Waals surface area contributed by atoms with Crippen LogP contribution < -0.4 is 4.74 Å². The highest BCUT2D eigenvalue weighted by atomic mass is 32.2. The molecule has 1 aliphatic heterocycles. The second-order valence-corrected chi connectivity index (χ2v) is 8.74. The number of nitro groups is 1. The topological polar surface area (TPSA) is 103 Å². The summed E-state index contributed by atoms with van der Waals surface area (Å²) in [7, 11) is 1.42. The quantitative estimate of drug-likeness (QED) is 0.180. The van der Waals surface area contributed by atoms with E-state index in [2.05, 4.69) is 0 Å². The Bertz CT molecular complexity index is 1520. The third-order valence-electron chi connectivity index (χ3n) is 5.64. The number of nitro benzene ring substituents is 1. The first-order valence-electron chi connectivity index (χ1n) is 10.6. The number of benzene rings is 3. The van der Waals surface area contributed by atoms with E-state index in [1.807, 2.05) is 42.5 Å². The highest BCUT2D eigenvalue weighted by Crippen LogP contribution is 2.37. The first kappa shape index (κ1) is 22.4. The molecule has 0 atom stereocenters. The molecule has 1 aromatic heterocycles. The Morgan fingerprint density at radius 2 is 1.86 bits per heavy atom. The maximum absolute atomic E-state index is 13.0. The molecule has 0 N–H and O–H groups in total. The molecule has 0 aliphatic carbocycles. The Morgan fingerprint density at radius 3 is 2.66 bits per heavy atom. The maximum atomic E-state index is 13.0. The number of amides is 2. The van der Waals surface area contributed by atoms with Gasteiger partial charge in [-0.25, -0.2) is 0 Å². The van der Waals surface area contributed by atoms with Crippen molar-refractivity contribution in [3.05, 3.63) is 99.1 Å². The molecule has 2 heterocycles. The van der Waals surface area contributed by atoms with Gasteiger partial charge in [-0.3, -0.25) is 24.6 Å². The fourth-order valence-corrected chi connectivity index (χ4v) is 4.76. The SMILES string of the molecule is COc1cc([N+](=O)[O-])ccc1-c1ccc(/C=C2/SC(=O)N(Cc3cccc4ccccc34)C2=O)o1. The average molecular weight is 487 g/mol. The lowest BCUT2D eigenvalue weighted by Crippen LogP contribution is -2.27. The van der Waals surface area contributed by atoms with Gasteiger partial charge < -0.3 is 9.15 Å². The molecule has 1 aliphatic rings. The summed E-state index contributed by atoms with van der Waals surface area (Å²) in [4.78, 5) is 37.7. The largest absolute Gasteiger partial charge is 0.496 e. The Morgan fingerprint density at radius 1 is 1.06 bits per heavy atom. The highest BCUT2D eigenvalue weighted by Gasteiger charge is 2.35. The lowest BCUT2D eigenvalue weighted by molar-refractivity contribution is -0.384. The summed E-state index contributed by atoms with van der Waals surface area (Å²) in [5, 5.41) is 12.7. The number of carbonyl (C=O) groups excluding carboxylic acids is 2. The van der Waals surface area contributed by atoms with Gasteiger partial charge in [0.05, 0.1) is 35.1 Å². The van der Waals surface area contributed by atoms with Gasteiger partial charge in [-0.15, -0.1) is 0 Å². The van der Waals surface area contributed by atoms with Crippen molar-refractivity contribution in [2.24, 2.45) is 0 Å². The summed E-state index contributed by atoms with van der Waals surface area (Å²) in [5.74, 6) is 0.684. The Balaban J connectivity index is 1.39. The van der Waals surface area contributed by atoms with Crippen LogP contribution in [0.1, 0.15) is 11.3 Å². The zero-order valence-corrected chi connectivity index (χ0v) is 19.3.